The Balaban J connectivity index is 2.70. The van der Waals surface area contributed by atoms with E-state index in [0.29, 0.717) is 0 Å². The molecule has 0 aromatic heterocycles. The number of carbonyl (C=O) groups is 2. The predicted molar refractivity (Wildman–Crippen MR) is 68.9 cm³/mol. The van der Waals surface area contributed by atoms with Gasteiger partial charge >= 0.3 is 5.97 Å². The van der Waals surface area contributed by atoms with Gasteiger partial charge in [-0.05, 0) is 39.0 Å². The Labute approximate surface area is 117 Å². The van der Waals surface area contributed by atoms with Crippen LogP contribution in [-0.2, 0) is 14.3 Å². The monoisotopic (exact) mass is 287 g/mol. The molecule has 0 unspecified atom stereocenters. The first-order valence-electron chi connectivity index (χ1n) is 6.68. The molecule has 1 aliphatic carbocycles. The Hall–Kier alpha value is -1.64. The predicted octanol–water partition coefficient (Wildman–Crippen LogP) is 1.88. The summed E-state index contributed by atoms with van der Waals surface area (Å²) < 4.78 is 32.7. The molecule has 0 aromatic carbocycles. The normalized spacial score (nSPS) is 24.8. The fourth-order valence-corrected chi connectivity index (χ4v) is 2.25. The summed E-state index contributed by atoms with van der Waals surface area (Å²) in [6, 6.07) is -1.28. The van der Waals surface area contributed by atoms with Crippen molar-refractivity contribution in [2.24, 2.45) is 5.92 Å². The second kappa shape index (κ2) is 7.22. The second-order valence-electron chi connectivity index (χ2n) is 4.73. The van der Waals surface area contributed by atoms with E-state index in [9.17, 15) is 18.4 Å². The van der Waals surface area contributed by atoms with E-state index in [0.717, 1.165) is 0 Å². The maximum Gasteiger partial charge on any atom is 0.308 e. The zero-order valence-electron chi connectivity index (χ0n) is 11.7. The number of hydrogen-bond donors (Lipinski definition) is 1. The Morgan fingerprint density at radius 3 is 2.65 bits per heavy atom. The van der Waals surface area contributed by atoms with Crippen LogP contribution >= 0.6 is 0 Å². The van der Waals surface area contributed by atoms with Crippen LogP contribution in [0.25, 0.3) is 0 Å². The summed E-state index contributed by atoms with van der Waals surface area (Å²) in [4.78, 5) is 22.9. The van der Waals surface area contributed by atoms with Crippen LogP contribution in [0.2, 0.25) is 0 Å². The molecule has 1 saturated carbocycles. The minimum Gasteiger partial charge on any atom is -0.466 e. The van der Waals surface area contributed by atoms with E-state index in [1.54, 1.807) is 6.92 Å². The van der Waals surface area contributed by atoms with Crippen molar-refractivity contribution in [1.29, 1.82) is 0 Å². The smallest absolute Gasteiger partial charge is 0.308 e. The fourth-order valence-electron chi connectivity index (χ4n) is 2.25. The molecule has 0 saturated heterocycles. The molecule has 1 fully saturated rings. The van der Waals surface area contributed by atoms with Crippen molar-refractivity contribution >= 4 is 11.9 Å². The summed E-state index contributed by atoms with van der Waals surface area (Å²) in [6.07, 6.45) is -0.0643. The van der Waals surface area contributed by atoms with E-state index in [-0.39, 0.29) is 25.9 Å². The highest BCUT2D eigenvalue weighted by Crippen LogP contribution is 2.35. The number of hydrogen-bond acceptors (Lipinski definition) is 3. The molecular formula is C14H19F2NO3. The lowest BCUT2D eigenvalue weighted by Gasteiger charge is -2.24. The van der Waals surface area contributed by atoms with Crippen molar-refractivity contribution in [1.82, 2.24) is 5.32 Å². The van der Waals surface area contributed by atoms with Crippen LogP contribution in [0.3, 0.4) is 0 Å². The van der Waals surface area contributed by atoms with Gasteiger partial charge in [-0.1, -0.05) is 5.92 Å². The molecule has 6 heteroatoms. The first kappa shape index (κ1) is 16.4. The molecule has 0 bridgehead atoms. The molecule has 2 atom stereocenters. The lowest BCUT2D eigenvalue weighted by molar-refractivity contribution is -0.148. The van der Waals surface area contributed by atoms with Gasteiger partial charge in [0, 0.05) is 6.42 Å². The summed E-state index contributed by atoms with van der Waals surface area (Å²) in [7, 11) is 0. The van der Waals surface area contributed by atoms with Gasteiger partial charge in [-0.25, -0.2) is 8.78 Å². The van der Waals surface area contributed by atoms with Crippen LogP contribution in [0.15, 0.2) is 0 Å². The average Bonchev–Trinajstić information content (AvgIpc) is 2.50. The topological polar surface area (TPSA) is 55.4 Å². The maximum atomic E-state index is 13.9. The van der Waals surface area contributed by atoms with Crippen molar-refractivity contribution in [3.63, 3.8) is 0 Å². The third kappa shape index (κ3) is 4.48. The number of carbonyl (C=O) groups excluding carboxylic acids is 2. The molecule has 1 N–H and O–H groups in total. The van der Waals surface area contributed by atoms with Crippen molar-refractivity contribution in [3.8, 4) is 11.8 Å². The highest BCUT2D eigenvalue weighted by molar-refractivity contribution is 5.93. The van der Waals surface area contributed by atoms with E-state index >= 15 is 0 Å². The zero-order valence-corrected chi connectivity index (χ0v) is 11.7. The molecular weight excluding hydrogens is 268 g/mol. The van der Waals surface area contributed by atoms with Gasteiger partial charge in [-0.3, -0.25) is 9.59 Å². The average molecular weight is 287 g/mol. The first-order valence-corrected chi connectivity index (χ1v) is 6.68. The molecule has 1 rings (SSSR count). The van der Waals surface area contributed by atoms with Crippen LogP contribution in [0.1, 0.15) is 39.5 Å². The molecule has 4 nitrogen and oxygen atoms in total. The number of ether oxygens (including phenoxy) is 1. The van der Waals surface area contributed by atoms with Gasteiger partial charge in [0.1, 0.15) is 0 Å². The van der Waals surface area contributed by atoms with Gasteiger partial charge in [-0.15, -0.1) is 0 Å². The number of nitrogens with one attached hydrogen (secondary N) is 1. The standard InChI is InChI=1S/C14H19F2NO3/c1-3-5-12(18)17-11-7-6-10(13(19)20-4-2)8-9-14(11,15)16/h10-11H,4,6-9H2,1-2H3,(H,17,18)/t10-,11-/m1/s1. The SMILES string of the molecule is CC#CC(=O)N[C@@H]1CC[C@@H](C(=O)OCC)CCC1(F)F. The summed E-state index contributed by atoms with van der Waals surface area (Å²) in [5, 5.41) is 2.23. The number of alkyl halides is 2. The van der Waals surface area contributed by atoms with Gasteiger partial charge in [-0.2, -0.15) is 0 Å². The van der Waals surface area contributed by atoms with Crippen LogP contribution in [0, 0.1) is 17.8 Å². The van der Waals surface area contributed by atoms with Crippen molar-refractivity contribution in [2.75, 3.05) is 6.61 Å². The van der Waals surface area contributed by atoms with Gasteiger partial charge in [0.25, 0.3) is 11.8 Å². The Morgan fingerprint density at radius 1 is 1.35 bits per heavy atom. The fraction of sp³-hybridized carbons (Fsp3) is 0.714. The molecule has 0 aromatic rings. The number of esters is 1. The second-order valence-corrected chi connectivity index (χ2v) is 4.73. The molecule has 0 heterocycles. The highest BCUT2D eigenvalue weighted by atomic mass is 19.3. The summed E-state index contributed by atoms with van der Waals surface area (Å²) >= 11 is 0. The minimum absolute atomic E-state index is 0.0353. The number of amides is 1. The zero-order chi connectivity index (χ0) is 15.2. The minimum atomic E-state index is -3.04. The Bertz CT molecular complexity index is 426. The Morgan fingerprint density at radius 2 is 2.05 bits per heavy atom. The molecule has 112 valence electrons. The summed E-state index contributed by atoms with van der Waals surface area (Å²) in [6.45, 7) is 3.37. The van der Waals surface area contributed by atoms with Crippen LogP contribution < -0.4 is 5.32 Å². The van der Waals surface area contributed by atoms with Crippen molar-refractivity contribution in [3.05, 3.63) is 0 Å². The highest BCUT2D eigenvalue weighted by Gasteiger charge is 2.44. The van der Waals surface area contributed by atoms with Gasteiger partial charge in [0.05, 0.1) is 18.6 Å². The number of halogens is 2. The molecule has 0 spiro atoms. The van der Waals surface area contributed by atoms with E-state index in [4.69, 9.17) is 4.74 Å². The van der Waals surface area contributed by atoms with Crippen molar-refractivity contribution in [2.45, 2.75) is 51.5 Å². The van der Waals surface area contributed by atoms with Crippen LogP contribution in [0.4, 0.5) is 8.78 Å². The maximum absolute atomic E-state index is 13.9. The summed E-state index contributed by atoms with van der Waals surface area (Å²) in [5.74, 6) is -0.177. The van der Waals surface area contributed by atoms with E-state index in [1.165, 1.54) is 6.92 Å². The third-order valence-corrected chi connectivity index (χ3v) is 3.30. The quantitative estimate of drug-likeness (QED) is 0.490. The first-order chi connectivity index (χ1) is 9.40. The lowest BCUT2D eigenvalue weighted by Crippen LogP contribution is -2.46. The largest absolute Gasteiger partial charge is 0.466 e. The van der Waals surface area contributed by atoms with Gasteiger partial charge < -0.3 is 10.1 Å². The van der Waals surface area contributed by atoms with E-state index in [1.807, 2.05) is 0 Å². The molecule has 20 heavy (non-hydrogen) atoms. The third-order valence-electron chi connectivity index (χ3n) is 3.30. The molecule has 1 amide bonds. The number of rotatable bonds is 3. The summed E-state index contributed by atoms with van der Waals surface area (Å²) in [5.41, 5.74) is 0. The van der Waals surface area contributed by atoms with E-state index < -0.39 is 36.2 Å². The van der Waals surface area contributed by atoms with Crippen LogP contribution in [-0.4, -0.2) is 30.4 Å². The molecule has 0 aliphatic heterocycles. The van der Waals surface area contributed by atoms with Gasteiger partial charge in [0.15, 0.2) is 0 Å². The molecule has 1 aliphatic rings. The lowest BCUT2D eigenvalue weighted by atomic mass is 10.0. The van der Waals surface area contributed by atoms with Crippen molar-refractivity contribution < 1.29 is 23.1 Å². The van der Waals surface area contributed by atoms with E-state index in [2.05, 4.69) is 17.2 Å². The Kier molecular flexibility index (Phi) is 5.93. The molecule has 0 radical (unpaired) electrons. The van der Waals surface area contributed by atoms with Gasteiger partial charge in [0.2, 0.25) is 0 Å². The van der Waals surface area contributed by atoms with Crippen LogP contribution in [0.5, 0.6) is 0 Å².